The van der Waals surface area contributed by atoms with Crippen molar-refractivity contribution in [1.82, 2.24) is 10.6 Å². The Labute approximate surface area is 115 Å². The van der Waals surface area contributed by atoms with Crippen LogP contribution in [0.4, 0.5) is 0 Å². The zero-order valence-corrected chi connectivity index (χ0v) is 11.4. The molecule has 2 aromatic rings. The van der Waals surface area contributed by atoms with Crippen molar-refractivity contribution in [2.24, 2.45) is 0 Å². The van der Waals surface area contributed by atoms with E-state index in [1.165, 1.54) is 29.2 Å². The van der Waals surface area contributed by atoms with Crippen molar-refractivity contribution in [2.45, 2.75) is 25.3 Å². The summed E-state index contributed by atoms with van der Waals surface area (Å²) in [7, 11) is 0. The van der Waals surface area contributed by atoms with Gasteiger partial charge in [-0.25, -0.2) is 0 Å². The van der Waals surface area contributed by atoms with Crippen molar-refractivity contribution in [3.63, 3.8) is 0 Å². The predicted molar refractivity (Wildman–Crippen MR) is 81.5 cm³/mol. The molecule has 2 nitrogen and oxygen atoms in total. The van der Waals surface area contributed by atoms with Crippen LogP contribution in [0.2, 0.25) is 0 Å². The number of rotatable bonds is 7. The van der Waals surface area contributed by atoms with Gasteiger partial charge in [0.15, 0.2) is 0 Å². The molecule has 100 valence electrons. The van der Waals surface area contributed by atoms with E-state index in [4.69, 9.17) is 0 Å². The maximum atomic E-state index is 3.52. The van der Waals surface area contributed by atoms with Crippen LogP contribution in [0.25, 0.3) is 10.8 Å². The normalized spacial score (nSPS) is 14.9. The molecular weight excluding hydrogens is 232 g/mol. The van der Waals surface area contributed by atoms with Gasteiger partial charge in [0, 0.05) is 19.1 Å². The van der Waals surface area contributed by atoms with Crippen LogP contribution in [-0.2, 0) is 6.42 Å². The Morgan fingerprint density at radius 3 is 2.58 bits per heavy atom. The van der Waals surface area contributed by atoms with Crippen LogP contribution in [0.5, 0.6) is 0 Å². The van der Waals surface area contributed by atoms with Crippen molar-refractivity contribution in [2.75, 3.05) is 19.6 Å². The molecule has 1 aliphatic carbocycles. The van der Waals surface area contributed by atoms with Crippen molar-refractivity contribution in [3.8, 4) is 0 Å². The first-order valence-corrected chi connectivity index (χ1v) is 7.33. The number of hydrogen-bond donors (Lipinski definition) is 2. The minimum atomic E-state index is 0.822. The highest BCUT2D eigenvalue weighted by atomic mass is 15.0. The quantitative estimate of drug-likeness (QED) is 0.742. The maximum Gasteiger partial charge on any atom is 0.00793 e. The highest BCUT2D eigenvalue weighted by molar-refractivity contribution is 5.82. The molecule has 0 aliphatic heterocycles. The van der Waals surface area contributed by atoms with Crippen LogP contribution in [0.1, 0.15) is 18.4 Å². The molecule has 0 atom stereocenters. The summed E-state index contributed by atoms with van der Waals surface area (Å²) in [6.45, 7) is 3.23. The van der Waals surface area contributed by atoms with Crippen LogP contribution < -0.4 is 10.6 Å². The molecule has 0 bridgehead atoms. The Bertz CT molecular complexity index is 532. The van der Waals surface area contributed by atoms with Crippen LogP contribution in [-0.4, -0.2) is 25.7 Å². The van der Waals surface area contributed by atoms with Crippen LogP contribution >= 0.6 is 0 Å². The number of fused-ring (bicyclic) bond motifs is 1. The summed E-state index contributed by atoms with van der Waals surface area (Å²) in [6.07, 6.45) is 3.85. The molecule has 0 radical (unpaired) electrons. The van der Waals surface area contributed by atoms with Gasteiger partial charge in [0.2, 0.25) is 0 Å². The van der Waals surface area contributed by atoms with Crippen molar-refractivity contribution in [3.05, 3.63) is 48.0 Å². The maximum absolute atomic E-state index is 3.52. The molecule has 2 heteroatoms. The lowest BCUT2D eigenvalue weighted by Gasteiger charge is -2.07. The van der Waals surface area contributed by atoms with Gasteiger partial charge in [0.25, 0.3) is 0 Å². The molecule has 2 N–H and O–H groups in total. The van der Waals surface area contributed by atoms with Gasteiger partial charge >= 0.3 is 0 Å². The standard InChI is InChI=1S/C17H22N2/c1-2-4-16-13-14(5-6-15(16)3-1)9-10-18-11-12-19-17-7-8-17/h1-6,13,17-19H,7-12H2. The Kier molecular flexibility index (Phi) is 4.11. The summed E-state index contributed by atoms with van der Waals surface area (Å²) < 4.78 is 0. The molecule has 0 saturated heterocycles. The first kappa shape index (κ1) is 12.6. The minimum Gasteiger partial charge on any atom is -0.315 e. The lowest BCUT2D eigenvalue weighted by molar-refractivity contribution is 0.609. The highest BCUT2D eigenvalue weighted by Gasteiger charge is 2.19. The van der Waals surface area contributed by atoms with Gasteiger partial charge in [-0.15, -0.1) is 0 Å². The Hall–Kier alpha value is -1.38. The third-order valence-corrected chi connectivity index (χ3v) is 3.72. The van der Waals surface area contributed by atoms with Gasteiger partial charge in [-0.3, -0.25) is 0 Å². The van der Waals surface area contributed by atoms with E-state index in [1.807, 2.05) is 0 Å². The number of benzene rings is 2. The summed E-state index contributed by atoms with van der Waals surface area (Å²) in [5.41, 5.74) is 1.42. The van der Waals surface area contributed by atoms with E-state index < -0.39 is 0 Å². The third kappa shape index (κ3) is 3.79. The fraction of sp³-hybridized carbons (Fsp3) is 0.412. The average molecular weight is 254 g/mol. The predicted octanol–water partition coefficient (Wildman–Crippen LogP) is 2.72. The Morgan fingerprint density at radius 1 is 0.895 bits per heavy atom. The van der Waals surface area contributed by atoms with E-state index in [2.05, 4.69) is 53.1 Å². The summed E-state index contributed by atoms with van der Waals surface area (Å²) in [4.78, 5) is 0. The summed E-state index contributed by atoms with van der Waals surface area (Å²) in [5.74, 6) is 0. The van der Waals surface area contributed by atoms with Crippen molar-refractivity contribution in [1.29, 1.82) is 0 Å². The SMILES string of the molecule is c1ccc2cc(CCNCCNC3CC3)ccc2c1. The zero-order chi connectivity index (χ0) is 12.9. The van der Waals surface area contributed by atoms with Crippen LogP contribution in [0.15, 0.2) is 42.5 Å². The van der Waals surface area contributed by atoms with Gasteiger partial charge in [0.05, 0.1) is 0 Å². The van der Waals surface area contributed by atoms with Crippen LogP contribution in [0, 0.1) is 0 Å². The van der Waals surface area contributed by atoms with E-state index >= 15 is 0 Å². The third-order valence-electron chi connectivity index (χ3n) is 3.72. The number of nitrogens with one attached hydrogen (secondary N) is 2. The first-order chi connectivity index (χ1) is 9.42. The summed E-state index contributed by atoms with van der Waals surface area (Å²) >= 11 is 0. The molecular formula is C17H22N2. The Morgan fingerprint density at radius 2 is 1.74 bits per heavy atom. The molecule has 0 spiro atoms. The fourth-order valence-electron chi connectivity index (χ4n) is 2.40. The Balaban J connectivity index is 1.42. The first-order valence-electron chi connectivity index (χ1n) is 7.33. The van der Waals surface area contributed by atoms with Crippen molar-refractivity contribution >= 4 is 10.8 Å². The van der Waals surface area contributed by atoms with Crippen LogP contribution in [0.3, 0.4) is 0 Å². The average Bonchev–Trinajstić information content (AvgIpc) is 3.27. The highest BCUT2D eigenvalue weighted by Crippen LogP contribution is 2.18. The van der Waals surface area contributed by atoms with Gasteiger partial charge in [-0.2, -0.15) is 0 Å². The van der Waals surface area contributed by atoms with E-state index in [-0.39, 0.29) is 0 Å². The lowest BCUT2D eigenvalue weighted by Crippen LogP contribution is -2.29. The second kappa shape index (κ2) is 6.18. The van der Waals surface area contributed by atoms with E-state index in [0.717, 1.165) is 32.1 Å². The smallest absolute Gasteiger partial charge is 0.00793 e. The van der Waals surface area contributed by atoms with Gasteiger partial charge in [-0.05, 0) is 42.1 Å². The largest absolute Gasteiger partial charge is 0.315 e. The zero-order valence-electron chi connectivity index (χ0n) is 11.4. The minimum absolute atomic E-state index is 0.822. The fourth-order valence-corrected chi connectivity index (χ4v) is 2.40. The molecule has 1 saturated carbocycles. The molecule has 0 aromatic heterocycles. The molecule has 0 unspecified atom stereocenters. The molecule has 19 heavy (non-hydrogen) atoms. The molecule has 3 rings (SSSR count). The van der Waals surface area contributed by atoms with E-state index in [1.54, 1.807) is 0 Å². The molecule has 1 fully saturated rings. The molecule has 0 amide bonds. The van der Waals surface area contributed by atoms with E-state index in [9.17, 15) is 0 Å². The lowest BCUT2D eigenvalue weighted by atomic mass is 10.1. The van der Waals surface area contributed by atoms with Gasteiger partial charge in [0.1, 0.15) is 0 Å². The topological polar surface area (TPSA) is 24.1 Å². The van der Waals surface area contributed by atoms with Gasteiger partial charge in [-0.1, -0.05) is 42.5 Å². The van der Waals surface area contributed by atoms with Gasteiger partial charge < -0.3 is 10.6 Å². The van der Waals surface area contributed by atoms with Crippen molar-refractivity contribution < 1.29 is 0 Å². The second-order valence-corrected chi connectivity index (χ2v) is 5.41. The molecule has 0 heterocycles. The van der Waals surface area contributed by atoms with E-state index in [0.29, 0.717) is 0 Å². The molecule has 1 aliphatic rings. The number of hydrogen-bond acceptors (Lipinski definition) is 2. The summed E-state index contributed by atoms with van der Waals surface area (Å²) in [6, 6.07) is 16.1. The summed E-state index contributed by atoms with van der Waals surface area (Å²) in [5, 5.41) is 9.69. The monoisotopic (exact) mass is 254 g/mol. The second-order valence-electron chi connectivity index (χ2n) is 5.41. The molecule has 2 aromatic carbocycles.